The third-order valence-corrected chi connectivity index (χ3v) is 27.9. The number of nitrogens with zero attached hydrogens (tertiary/aromatic N) is 14. The summed E-state index contributed by atoms with van der Waals surface area (Å²) in [6.07, 6.45) is 0.556. The number of fused-ring (bicyclic) bond motifs is 18. The number of aromatic nitrogens is 12. The number of aryl methyl sites for hydroxylation is 7. The molecule has 0 amide bonds. The Balaban J connectivity index is 0.735. The van der Waals surface area contributed by atoms with Crippen LogP contribution in [0, 0.1) is 71.1 Å². The summed E-state index contributed by atoms with van der Waals surface area (Å²) in [5, 5.41) is 38.3. The molecule has 0 aliphatic rings. The molecule has 0 unspecified atom stereocenters. The highest BCUT2D eigenvalue weighted by Gasteiger charge is 2.38. The van der Waals surface area contributed by atoms with Crippen molar-refractivity contribution in [3.8, 4) is 115 Å². The van der Waals surface area contributed by atoms with Gasteiger partial charge in [-0.2, -0.15) is 10.5 Å². The van der Waals surface area contributed by atoms with Crippen molar-refractivity contribution in [1.82, 2.24) is 57.3 Å². The van der Waals surface area contributed by atoms with Gasteiger partial charge in [0.2, 0.25) is 0 Å². The van der Waals surface area contributed by atoms with Gasteiger partial charge in [-0.05, 0) is 199 Å². The van der Waals surface area contributed by atoms with Crippen LogP contribution in [0.25, 0.3) is 233 Å². The highest BCUT2D eigenvalue weighted by Crippen LogP contribution is 2.54. The van der Waals surface area contributed by atoms with Gasteiger partial charge in [0.25, 0.3) is 0 Å². The number of hydrogen-bond acceptors (Lipinski definition) is 8. The molecule has 0 aliphatic carbocycles. The quantitative estimate of drug-likeness (QED) is 0.104. The summed E-state index contributed by atoms with van der Waals surface area (Å²) < 4.78 is 14.2. The molecule has 26 rings (SSSR count). The second-order valence-electron chi connectivity index (χ2n) is 36.9. The van der Waals surface area contributed by atoms with Crippen molar-refractivity contribution in [3.05, 3.63) is 431 Å². The van der Waals surface area contributed by atoms with Crippen molar-refractivity contribution in [1.29, 1.82) is 10.5 Å². The van der Waals surface area contributed by atoms with Gasteiger partial charge in [-0.3, -0.25) is 0 Å². The van der Waals surface area contributed by atoms with Crippen LogP contribution in [0.1, 0.15) is 61.2 Å². The molecule has 0 spiro atoms. The second-order valence-corrected chi connectivity index (χ2v) is 36.9. The zero-order valence-corrected chi connectivity index (χ0v) is 76.7. The average molecular weight is 1770 g/mol. The Morgan fingerprint density at radius 3 is 0.862 bits per heavy atom. The van der Waals surface area contributed by atoms with E-state index in [1.54, 1.807) is 0 Å². The summed E-state index contributed by atoms with van der Waals surface area (Å²) in [7, 11) is 0. The standard InChI is InChI=1S/C124H84N14/c1-72-39-51-105-91(59-72)92-60-73(2)40-52-106(92)135(105)115-100(71-126)116(136-107-53-41-74(3)61-93(107)94-62-75(4)42-54-108(94)136)118(117(137-109-55-43-76(5)63-95(109)96-64-77(6)44-56-110(96)137)113(115)124-131-120(82-27-13-9-14-28-82)128-121(132-124)83-29-15-10-16-30-83)138-111-57-45-78(7)65-97(111)98-67-80(48-58-112(98)138)66-79-46-49-84(50-47-79)122-127-119(81-25-11-8-12-26-81)129-123(130-122)99-69-86(133-101-35-21-17-31-87(101)88-32-18-22-36-102(88)133)68-85(70-125)114(99)134-103-37-23-19-33-89(103)90-34-20-24-38-104(90)134/h8-65,67-69H,66H2,1-7H3. The molecule has 14 nitrogen and oxygen atoms in total. The molecular formula is C124H84N14. The van der Waals surface area contributed by atoms with Crippen molar-refractivity contribution in [2.75, 3.05) is 0 Å². The lowest BCUT2D eigenvalue weighted by Crippen LogP contribution is -2.17. The minimum Gasteiger partial charge on any atom is -0.309 e. The molecule has 0 saturated heterocycles. The fourth-order valence-electron chi connectivity index (χ4n) is 21.8. The highest BCUT2D eigenvalue weighted by molar-refractivity contribution is 6.19. The Morgan fingerprint density at radius 2 is 0.493 bits per heavy atom. The fourth-order valence-corrected chi connectivity index (χ4v) is 21.8. The molecule has 8 aromatic heterocycles. The van der Waals surface area contributed by atoms with E-state index in [2.05, 4.69) is 385 Å². The lowest BCUT2D eigenvalue weighted by molar-refractivity contribution is 1.01. The van der Waals surface area contributed by atoms with E-state index < -0.39 is 0 Å². The van der Waals surface area contributed by atoms with Crippen LogP contribution in [0.4, 0.5) is 0 Å². The maximum atomic E-state index is 13.7. The molecule has 0 atom stereocenters. The number of hydrogen-bond donors (Lipinski definition) is 0. The molecule has 650 valence electrons. The maximum absolute atomic E-state index is 13.7. The van der Waals surface area contributed by atoms with Gasteiger partial charge in [0, 0.05) is 98.1 Å². The van der Waals surface area contributed by atoms with E-state index in [1.807, 2.05) is 72.8 Å². The third-order valence-electron chi connectivity index (χ3n) is 27.9. The van der Waals surface area contributed by atoms with Crippen molar-refractivity contribution in [3.63, 3.8) is 0 Å². The van der Waals surface area contributed by atoms with Crippen LogP contribution >= 0.6 is 0 Å². The minimum absolute atomic E-state index is 0.367. The van der Waals surface area contributed by atoms with Crippen molar-refractivity contribution < 1.29 is 0 Å². The summed E-state index contributed by atoms with van der Waals surface area (Å²) in [6.45, 7) is 15.2. The number of benzene rings is 18. The van der Waals surface area contributed by atoms with E-state index in [1.165, 1.54) is 0 Å². The van der Waals surface area contributed by atoms with E-state index in [0.717, 1.165) is 220 Å². The Kier molecular flexibility index (Phi) is 18.4. The van der Waals surface area contributed by atoms with Crippen LogP contribution < -0.4 is 0 Å². The Hall–Kier alpha value is -18.2. The van der Waals surface area contributed by atoms with Gasteiger partial charge >= 0.3 is 0 Å². The van der Waals surface area contributed by atoms with Crippen LogP contribution in [-0.2, 0) is 6.42 Å². The summed E-state index contributed by atoms with van der Waals surface area (Å²) in [5.41, 5.74) is 30.7. The van der Waals surface area contributed by atoms with Crippen LogP contribution in [0.3, 0.4) is 0 Å². The Bertz CT molecular complexity index is 9450. The molecular weight excluding hydrogens is 1690 g/mol. The van der Waals surface area contributed by atoms with Crippen molar-refractivity contribution in [2.24, 2.45) is 0 Å². The molecule has 18 aromatic carbocycles. The van der Waals surface area contributed by atoms with Crippen LogP contribution in [0.5, 0.6) is 0 Å². The summed E-state index contributed by atoms with van der Waals surface area (Å²) in [5.74, 6) is 2.67. The topological polar surface area (TPSA) is 154 Å². The highest BCUT2D eigenvalue weighted by atomic mass is 15.2. The zero-order chi connectivity index (χ0) is 92.6. The van der Waals surface area contributed by atoms with E-state index in [0.29, 0.717) is 80.7 Å². The van der Waals surface area contributed by atoms with Gasteiger partial charge in [-0.1, -0.05) is 276 Å². The number of para-hydroxylation sites is 4. The Morgan fingerprint density at radius 1 is 0.210 bits per heavy atom. The predicted octanol–water partition coefficient (Wildman–Crippen LogP) is 30.1. The first-order chi connectivity index (χ1) is 67.7. The maximum Gasteiger partial charge on any atom is 0.168 e. The molecule has 26 aromatic rings. The average Bonchev–Trinajstić information content (AvgIpc) is 1.49. The number of nitriles is 2. The molecule has 0 bridgehead atoms. The fraction of sp³-hybridized carbons (Fsp3) is 0.0645. The molecule has 0 fully saturated rings. The smallest absolute Gasteiger partial charge is 0.168 e. The summed E-state index contributed by atoms with van der Waals surface area (Å²) in [4.78, 5) is 33.9. The van der Waals surface area contributed by atoms with Gasteiger partial charge in [-0.25, -0.2) is 29.9 Å². The van der Waals surface area contributed by atoms with Crippen LogP contribution in [-0.4, -0.2) is 57.3 Å². The Labute approximate surface area is 794 Å². The molecule has 0 radical (unpaired) electrons. The third kappa shape index (κ3) is 12.7. The first kappa shape index (κ1) is 80.6. The van der Waals surface area contributed by atoms with E-state index in [4.69, 9.17) is 29.9 Å². The molecule has 8 heterocycles. The first-order valence-corrected chi connectivity index (χ1v) is 46.8. The van der Waals surface area contributed by atoms with E-state index in [9.17, 15) is 10.5 Å². The minimum atomic E-state index is 0.367. The van der Waals surface area contributed by atoms with E-state index >= 15 is 0 Å². The SMILES string of the molecule is Cc1ccc2c(c1)c1cc(C)ccc1n2-c1c(C#N)c(-n2c3ccc(C)cc3c3cc(C)ccc32)c(-n2c3ccc(C)cc3c3cc(Cc4ccc(-c5nc(-c6ccccc6)nc(-c6cc(-n7c8ccccc8c8ccccc87)cc(C#N)c6-n6c7ccccc7c7ccccc76)n5)cc4)ccc32)c(-n2c3ccc(C)cc3c3cc(C)ccc32)c1-c1nc(-c2ccccc2)nc(-c2ccccc2)n1. The van der Waals surface area contributed by atoms with Crippen LogP contribution in [0.2, 0.25) is 0 Å². The molecule has 138 heavy (non-hydrogen) atoms. The second kappa shape index (κ2) is 31.5. The normalized spacial score (nSPS) is 11.9. The van der Waals surface area contributed by atoms with Crippen molar-refractivity contribution >= 4 is 131 Å². The van der Waals surface area contributed by atoms with Gasteiger partial charge in [-0.15, -0.1) is 0 Å². The lowest BCUT2D eigenvalue weighted by atomic mass is 9.97. The predicted molar refractivity (Wildman–Crippen MR) is 564 cm³/mol. The van der Waals surface area contributed by atoms with E-state index in [-0.39, 0.29) is 0 Å². The van der Waals surface area contributed by atoms with Gasteiger partial charge in [0.05, 0.1) is 106 Å². The molecule has 0 aliphatic heterocycles. The summed E-state index contributed by atoms with van der Waals surface area (Å²) in [6, 6.07) is 137. The lowest BCUT2D eigenvalue weighted by Gasteiger charge is -2.29. The van der Waals surface area contributed by atoms with Crippen LogP contribution in [0.15, 0.2) is 370 Å². The monoisotopic (exact) mass is 1770 g/mol. The zero-order valence-electron chi connectivity index (χ0n) is 76.7. The molecule has 0 saturated carbocycles. The summed E-state index contributed by atoms with van der Waals surface area (Å²) >= 11 is 0. The van der Waals surface area contributed by atoms with Gasteiger partial charge in [0.1, 0.15) is 17.7 Å². The first-order valence-electron chi connectivity index (χ1n) is 46.8. The van der Waals surface area contributed by atoms with Gasteiger partial charge in [0.15, 0.2) is 34.9 Å². The number of rotatable bonds is 14. The van der Waals surface area contributed by atoms with Crippen molar-refractivity contribution in [2.45, 2.75) is 54.9 Å². The largest absolute Gasteiger partial charge is 0.309 e. The molecule has 0 N–H and O–H groups in total. The van der Waals surface area contributed by atoms with Gasteiger partial charge < -0.3 is 27.4 Å². The molecule has 14 heteroatoms.